The summed E-state index contributed by atoms with van der Waals surface area (Å²) in [5.74, 6) is 0.0219. The molecule has 0 aliphatic carbocycles. The van der Waals surface area contributed by atoms with Gasteiger partial charge in [0.2, 0.25) is 0 Å². The summed E-state index contributed by atoms with van der Waals surface area (Å²) in [6, 6.07) is 0. The van der Waals surface area contributed by atoms with Crippen molar-refractivity contribution in [1.29, 1.82) is 0 Å². The summed E-state index contributed by atoms with van der Waals surface area (Å²) in [4.78, 5) is 12.0. The van der Waals surface area contributed by atoms with Crippen LogP contribution in [0.25, 0.3) is 0 Å². The Kier molecular flexibility index (Phi) is 6.90. The average Bonchev–Trinajstić information content (AvgIpc) is 2.24. The highest BCUT2D eigenvalue weighted by atomic mass is 16.1. The van der Waals surface area contributed by atoms with Crippen molar-refractivity contribution in [3.05, 3.63) is 60.3 Å². The molecule has 0 aliphatic rings. The molecule has 0 rings (SSSR count). The minimum absolute atomic E-state index is 0.0219. The summed E-state index contributed by atoms with van der Waals surface area (Å²) in [5.41, 5.74) is 1.35. The fourth-order valence-electron chi connectivity index (χ4n) is 1.16. The lowest BCUT2D eigenvalue weighted by Gasteiger charge is -2.01. The molecule has 0 atom stereocenters. The SMILES string of the molecule is C=C/C=C(\C=C/C)C(=O)C(/C=C\C)=C/C. The molecule has 1 heteroatoms. The van der Waals surface area contributed by atoms with E-state index in [9.17, 15) is 4.79 Å². The van der Waals surface area contributed by atoms with Gasteiger partial charge in [-0.3, -0.25) is 4.79 Å². The second kappa shape index (κ2) is 7.74. The molecule has 0 heterocycles. The van der Waals surface area contributed by atoms with E-state index < -0.39 is 0 Å². The Morgan fingerprint density at radius 3 is 1.93 bits per heavy atom. The first kappa shape index (κ1) is 13.4. The van der Waals surface area contributed by atoms with E-state index in [4.69, 9.17) is 0 Å². The molecule has 0 radical (unpaired) electrons. The van der Waals surface area contributed by atoms with Gasteiger partial charge >= 0.3 is 0 Å². The van der Waals surface area contributed by atoms with Crippen LogP contribution in [0.15, 0.2) is 60.3 Å². The molecule has 0 N–H and O–H groups in total. The Bertz CT molecular complexity index is 338. The normalized spacial score (nSPS) is 13.8. The van der Waals surface area contributed by atoms with Crippen LogP contribution in [0.4, 0.5) is 0 Å². The first-order chi connectivity index (χ1) is 7.21. The number of rotatable bonds is 5. The lowest BCUT2D eigenvalue weighted by atomic mass is 10.0. The molecular weight excluding hydrogens is 184 g/mol. The zero-order valence-corrected chi connectivity index (χ0v) is 9.66. The standard InChI is InChI=1S/C14H18O/c1-5-9-12(8-4)14(15)13(10-6-2)11-7-3/h5-11H,2H2,1,3-4H3/b9-5-,11-7-,12-8+,13-10+. The predicted octanol–water partition coefficient (Wildman–Crippen LogP) is 3.77. The summed E-state index contributed by atoms with van der Waals surface area (Å²) in [5, 5.41) is 0. The van der Waals surface area contributed by atoms with Crippen molar-refractivity contribution in [2.24, 2.45) is 0 Å². The molecule has 15 heavy (non-hydrogen) atoms. The highest BCUT2D eigenvalue weighted by Crippen LogP contribution is 2.09. The second-order valence-electron chi connectivity index (χ2n) is 2.93. The number of hydrogen-bond acceptors (Lipinski definition) is 1. The maximum absolute atomic E-state index is 12.0. The van der Waals surface area contributed by atoms with E-state index in [-0.39, 0.29) is 5.78 Å². The topological polar surface area (TPSA) is 17.1 Å². The molecule has 0 amide bonds. The smallest absolute Gasteiger partial charge is 0.192 e. The summed E-state index contributed by atoms with van der Waals surface area (Å²) in [7, 11) is 0. The quantitative estimate of drug-likeness (QED) is 0.490. The van der Waals surface area contributed by atoms with Gasteiger partial charge in [-0.05, 0) is 20.8 Å². The van der Waals surface area contributed by atoms with Gasteiger partial charge in [-0.15, -0.1) is 0 Å². The number of allylic oxidation sites excluding steroid dienone is 9. The highest BCUT2D eigenvalue weighted by Gasteiger charge is 2.08. The van der Waals surface area contributed by atoms with E-state index in [1.807, 2.05) is 45.1 Å². The van der Waals surface area contributed by atoms with Gasteiger partial charge in [-0.25, -0.2) is 0 Å². The molecule has 0 aromatic carbocycles. The zero-order valence-electron chi connectivity index (χ0n) is 9.66. The van der Waals surface area contributed by atoms with Gasteiger partial charge in [0, 0.05) is 11.1 Å². The second-order valence-corrected chi connectivity index (χ2v) is 2.93. The van der Waals surface area contributed by atoms with E-state index >= 15 is 0 Å². The minimum atomic E-state index is 0.0219. The minimum Gasteiger partial charge on any atom is -0.289 e. The van der Waals surface area contributed by atoms with Crippen LogP contribution in [0.1, 0.15) is 20.8 Å². The van der Waals surface area contributed by atoms with Crippen molar-refractivity contribution >= 4 is 5.78 Å². The lowest BCUT2D eigenvalue weighted by Crippen LogP contribution is -2.02. The summed E-state index contributed by atoms with van der Waals surface area (Å²) >= 11 is 0. The van der Waals surface area contributed by atoms with Gasteiger partial charge in [-0.2, -0.15) is 0 Å². The molecule has 0 aliphatic heterocycles. The first-order valence-electron chi connectivity index (χ1n) is 5.00. The van der Waals surface area contributed by atoms with Crippen LogP contribution in [0.2, 0.25) is 0 Å². The van der Waals surface area contributed by atoms with E-state index in [1.54, 1.807) is 18.2 Å². The van der Waals surface area contributed by atoms with E-state index in [0.717, 1.165) is 0 Å². The monoisotopic (exact) mass is 202 g/mol. The summed E-state index contributed by atoms with van der Waals surface area (Å²) in [6.07, 6.45) is 12.4. The van der Waals surface area contributed by atoms with Crippen LogP contribution in [0.5, 0.6) is 0 Å². The van der Waals surface area contributed by atoms with Crippen molar-refractivity contribution < 1.29 is 4.79 Å². The Morgan fingerprint density at radius 1 is 1.00 bits per heavy atom. The lowest BCUT2D eigenvalue weighted by molar-refractivity contribution is -0.111. The fraction of sp³-hybridized carbons (Fsp3) is 0.214. The van der Waals surface area contributed by atoms with Crippen molar-refractivity contribution in [3.8, 4) is 0 Å². The number of hydrogen-bond donors (Lipinski definition) is 0. The molecule has 0 aromatic rings. The van der Waals surface area contributed by atoms with Crippen molar-refractivity contribution in [2.75, 3.05) is 0 Å². The molecule has 0 aromatic heterocycles. The molecule has 0 spiro atoms. The largest absolute Gasteiger partial charge is 0.289 e. The van der Waals surface area contributed by atoms with Gasteiger partial charge < -0.3 is 0 Å². The highest BCUT2D eigenvalue weighted by molar-refractivity contribution is 6.11. The van der Waals surface area contributed by atoms with Gasteiger partial charge in [0.1, 0.15) is 0 Å². The van der Waals surface area contributed by atoms with Crippen LogP contribution >= 0.6 is 0 Å². The fourth-order valence-corrected chi connectivity index (χ4v) is 1.16. The Morgan fingerprint density at radius 2 is 1.53 bits per heavy atom. The predicted molar refractivity (Wildman–Crippen MR) is 66.7 cm³/mol. The van der Waals surface area contributed by atoms with Gasteiger partial charge in [-0.1, -0.05) is 49.1 Å². The van der Waals surface area contributed by atoms with Crippen LogP contribution in [0, 0.1) is 0 Å². The summed E-state index contributed by atoms with van der Waals surface area (Å²) in [6.45, 7) is 9.23. The Hall–Kier alpha value is -1.63. The van der Waals surface area contributed by atoms with E-state index in [0.29, 0.717) is 11.1 Å². The third kappa shape index (κ3) is 4.41. The molecule has 80 valence electrons. The van der Waals surface area contributed by atoms with Crippen LogP contribution < -0.4 is 0 Å². The number of carbonyl (C=O) groups excluding carboxylic acids is 1. The third-order valence-electron chi connectivity index (χ3n) is 1.83. The van der Waals surface area contributed by atoms with Gasteiger partial charge in [0.25, 0.3) is 0 Å². The summed E-state index contributed by atoms with van der Waals surface area (Å²) < 4.78 is 0. The molecular formula is C14H18O. The average molecular weight is 202 g/mol. The Balaban J connectivity index is 5.10. The third-order valence-corrected chi connectivity index (χ3v) is 1.83. The van der Waals surface area contributed by atoms with Crippen LogP contribution in [-0.2, 0) is 4.79 Å². The molecule has 0 saturated heterocycles. The maximum Gasteiger partial charge on any atom is 0.192 e. The number of Topliss-reactive ketones (excluding diaryl/α,β-unsaturated/α-hetero) is 1. The van der Waals surface area contributed by atoms with Crippen molar-refractivity contribution in [3.63, 3.8) is 0 Å². The van der Waals surface area contributed by atoms with Gasteiger partial charge in [0.15, 0.2) is 5.78 Å². The molecule has 1 nitrogen and oxygen atoms in total. The number of ketones is 1. The van der Waals surface area contributed by atoms with E-state index in [2.05, 4.69) is 6.58 Å². The first-order valence-corrected chi connectivity index (χ1v) is 5.00. The van der Waals surface area contributed by atoms with Crippen LogP contribution in [-0.4, -0.2) is 5.78 Å². The Labute approximate surface area is 92.2 Å². The maximum atomic E-state index is 12.0. The molecule has 0 unspecified atom stereocenters. The number of carbonyl (C=O) groups is 1. The van der Waals surface area contributed by atoms with Crippen molar-refractivity contribution in [2.45, 2.75) is 20.8 Å². The van der Waals surface area contributed by atoms with Crippen molar-refractivity contribution in [1.82, 2.24) is 0 Å². The molecule has 0 bridgehead atoms. The molecule has 0 fully saturated rings. The van der Waals surface area contributed by atoms with E-state index in [1.165, 1.54) is 0 Å². The van der Waals surface area contributed by atoms with Crippen LogP contribution in [0.3, 0.4) is 0 Å². The molecule has 0 saturated carbocycles. The van der Waals surface area contributed by atoms with Gasteiger partial charge in [0.05, 0.1) is 0 Å². The zero-order chi connectivity index (χ0) is 11.7.